The summed E-state index contributed by atoms with van der Waals surface area (Å²) >= 11 is 5.93. The van der Waals surface area contributed by atoms with Crippen molar-refractivity contribution in [1.29, 1.82) is 0 Å². The molecule has 3 heterocycles. The Bertz CT molecular complexity index is 432. The average molecular weight is 255 g/mol. The number of nitrogens with zero attached hydrogens (tertiary/aromatic N) is 1. The van der Waals surface area contributed by atoms with Gasteiger partial charge in [-0.1, -0.05) is 11.6 Å². The van der Waals surface area contributed by atoms with Gasteiger partial charge in [-0.2, -0.15) is 0 Å². The van der Waals surface area contributed by atoms with Crippen molar-refractivity contribution in [3.05, 3.63) is 23.1 Å². The molecule has 0 spiro atoms. The lowest BCUT2D eigenvalue weighted by atomic mass is 9.94. The first-order valence-corrected chi connectivity index (χ1v) is 6.40. The predicted molar refractivity (Wildman–Crippen MR) is 64.1 cm³/mol. The molecule has 0 saturated carbocycles. The maximum absolute atomic E-state index is 12.3. The Morgan fingerprint density at radius 1 is 1.53 bits per heavy atom. The molecule has 0 bridgehead atoms. The van der Waals surface area contributed by atoms with Gasteiger partial charge in [-0.3, -0.25) is 4.79 Å². The van der Waals surface area contributed by atoms with Gasteiger partial charge < -0.3 is 14.6 Å². The molecule has 1 amide bonds. The van der Waals surface area contributed by atoms with E-state index in [1.807, 2.05) is 4.90 Å². The third kappa shape index (κ3) is 1.85. The lowest BCUT2D eigenvalue weighted by Crippen LogP contribution is -2.45. The fraction of sp³-hybridized carbons (Fsp3) is 0.583. The first-order valence-electron chi connectivity index (χ1n) is 6.02. The molecule has 5 heteroatoms. The van der Waals surface area contributed by atoms with E-state index in [4.69, 9.17) is 16.0 Å². The van der Waals surface area contributed by atoms with Crippen molar-refractivity contribution >= 4 is 17.5 Å². The fourth-order valence-electron chi connectivity index (χ4n) is 2.91. The van der Waals surface area contributed by atoms with E-state index in [-0.39, 0.29) is 11.7 Å². The van der Waals surface area contributed by atoms with Gasteiger partial charge in [-0.05, 0) is 37.9 Å². The zero-order valence-electron chi connectivity index (χ0n) is 9.49. The normalized spacial score (nSPS) is 28.2. The largest absolute Gasteiger partial charge is 0.458 e. The molecule has 1 aromatic heterocycles. The number of carbonyl (C=O) groups excluding carboxylic acids is 1. The summed E-state index contributed by atoms with van der Waals surface area (Å²) < 4.78 is 5.18. The summed E-state index contributed by atoms with van der Waals surface area (Å²) in [5.74, 6) is 0.807. The molecule has 2 aliphatic heterocycles. The summed E-state index contributed by atoms with van der Waals surface area (Å²) in [5.41, 5.74) is 0. The van der Waals surface area contributed by atoms with Crippen molar-refractivity contribution in [2.24, 2.45) is 5.92 Å². The van der Waals surface area contributed by atoms with Gasteiger partial charge in [0, 0.05) is 12.6 Å². The van der Waals surface area contributed by atoms with Gasteiger partial charge in [0.15, 0.2) is 0 Å². The van der Waals surface area contributed by atoms with Crippen molar-refractivity contribution in [2.45, 2.75) is 18.9 Å². The molecule has 4 nitrogen and oxygen atoms in total. The number of hydrogen-bond donors (Lipinski definition) is 1. The maximum Gasteiger partial charge on any atom is 0.291 e. The zero-order valence-corrected chi connectivity index (χ0v) is 10.2. The number of hydrogen-bond acceptors (Lipinski definition) is 3. The van der Waals surface area contributed by atoms with E-state index in [0.717, 1.165) is 32.5 Å². The molecule has 0 aromatic carbocycles. The second kappa shape index (κ2) is 4.35. The van der Waals surface area contributed by atoms with Crippen LogP contribution in [0.3, 0.4) is 0 Å². The average Bonchev–Trinajstić information content (AvgIpc) is 2.94. The predicted octanol–water partition coefficient (Wildman–Crippen LogP) is 1.76. The van der Waals surface area contributed by atoms with Crippen molar-refractivity contribution < 1.29 is 9.21 Å². The molecule has 0 radical (unpaired) electrons. The molecule has 17 heavy (non-hydrogen) atoms. The first-order chi connectivity index (χ1) is 8.27. The number of nitrogens with one attached hydrogen (secondary N) is 1. The molecule has 92 valence electrons. The minimum absolute atomic E-state index is 0.0607. The highest BCUT2D eigenvalue weighted by atomic mass is 35.5. The van der Waals surface area contributed by atoms with Crippen LogP contribution in [0, 0.1) is 5.92 Å². The Morgan fingerprint density at radius 2 is 2.41 bits per heavy atom. The molecule has 3 rings (SSSR count). The molecule has 2 aliphatic rings. The highest BCUT2D eigenvalue weighted by Gasteiger charge is 2.39. The molecule has 1 aromatic rings. The van der Waals surface area contributed by atoms with E-state index in [1.165, 1.54) is 6.26 Å². The number of amides is 1. The van der Waals surface area contributed by atoms with Crippen LogP contribution < -0.4 is 5.32 Å². The SMILES string of the molecule is O=C(c1occc1Cl)N1CCC2CNCCC21. The summed E-state index contributed by atoms with van der Waals surface area (Å²) in [6.45, 7) is 2.81. The third-order valence-corrected chi connectivity index (χ3v) is 4.08. The Kier molecular flexibility index (Phi) is 2.84. The van der Waals surface area contributed by atoms with Crippen molar-refractivity contribution in [2.75, 3.05) is 19.6 Å². The van der Waals surface area contributed by atoms with E-state index in [1.54, 1.807) is 6.07 Å². The van der Waals surface area contributed by atoms with Crippen molar-refractivity contribution in [3.63, 3.8) is 0 Å². The quantitative estimate of drug-likeness (QED) is 0.831. The van der Waals surface area contributed by atoms with Gasteiger partial charge >= 0.3 is 0 Å². The number of halogens is 1. The van der Waals surface area contributed by atoms with Gasteiger partial charge in [0.2, 0.25) is 5.76 Å². The maximum atomic E-state index is 12.3. The van der Waals surface area contributed by atoms with Crippen LogP contribution in [-0.4, -0.2) is 36.5 Å². The number of fused-ring (bicyclic) bond motifs is 1. The molecule has 0 aliphatic carbocycles. The Labute approximate surface area is 105 Å². The van der Waals surface area contributed by atoms with E-state index in [9.17, 15) is 4.79 Å². The summed E-state index contributed by atoms with van der Waals surface area (Å²) in [6.07, 6.45) is 3.56. The number of furan rings is 1. The topological polar surface area (TPSA) is 45.5 Å². The minimum Gasteiger partial charge on any atom is -0.458 e. The van der Waals surface area contributed by atoms with Crippen LogP contribution in [0.5, 0.6) is 0 Å². The van der Waals surface area contributed by atoms with E-state index >= 15 is 0 Å². The van der Waals surface area contributed by atoms with Gasteiger partial charge in [-0.15, -0.1) is 0 Å². The van der Waals surface area contributed by atoms with Gasteiger partial charge in [0.1, 0.15) is 0 Å². The summed E-state index contributed by atoms with van der Waals surface area (Å²) in [6, 6.07) is 1.97. The lowest BCUT2D eigenvalue weighted by Gasteiger charge is -2.31. The standard InChI is InChI=1S/C12H15ClN2O2/c13-9-3-6-17-11(9)12(16)15-5-2-8-7-14-4-1-10(8)15/h3,6,8,10,14H,1-2,4-5,7H2. The second-order valence-electron chi connectivity index (χ2n) is 4.71. The Balaban J connectivity index is 1.81. The summed E-state index contributed by atoms with van der Waals surface area (Å²) in [5, 5.41) is 3.78. The highest BCUT2D eigenvalue weighted by molar-refractivity contribution is 6.33. The van der Waals surface area contributed by atoms with Crippen molar-refractivity contribution in [3.8, 4) is 0 Å². The van der Waals surface area contributed by atoms with Crippen LogP contribution in [0.25, 0.3) is 0 Å². The highest BCUT2D eigenvalue weighted by Crippen LogP contribution is 2.31. The molecule has 2 unspecified atom stereocenters. The first kappa shape index (κ1) is 11.1. The van der Waals surface area contributed by atoms with Gasteiger partial charge in [0.25, 0.3) is 5.91 Å². The van der Waals surface area contributed by atoms with Crippen LogP contribution >= 0.6 is 11.6 Å². The number of rotatable bonds is 1. The smallest absolute Gasteiger partial charge is 0.291 e. The van der Waals surface area contributed by atoms with Crippen LogP contribution in [-0.2, 0) is 0 Å². The molecule has 2 saturated heterocycles. The van der Waals surface area contributed by atoms with E-state index < -0.39 is 0 Å². The minimum atomic E-state index is -0.0607. The van der Waals surface area contributed by atoms with Gasteiger partial charge in [0.05, 0.1) is 11.3 Å². The van der Waals surface area contributed by atoms with Crippen LogP contribution in [0.1, 0.15) is 23.4 Å². The van der Waals surface area contributed by atoms with Crippen LogP contribution in [0.15, 0.2) is 16.7 Å². The summed E-state index contributed by atoms with van der Waals surface area (Å²) in [7, 11) is 0. The van der Waals surface area contributed by atoms with E-state index in [2.05, 4.69) is 5.32 Å². The Hall–Kier alpha value is -1.00. The summed E-state index contributed by atoms with van der Waals surface area (Å²) in [4.78, 5) is 14.2. The molecule has 2 atom stereocenters. The lowest BCUT2D eigenvalue weighted by molar-refractivity contribution is 0.0665. The number of piperidine rings is 1. The fourth-order valence-corrected chi connectivity index (χ4v) is 3.09. The Morgan fingerprint density at radius 3 is 3.18 bits per heavy atom. The van der Waals surface area contributed by atoms with Crippen LogP contribution in [0.4, 0.5) is 0 Å². The monoisotopic (exact) mass is 254 g/mol. The number of likely N-dealkylation sites (tertiary alicyclic amines) is 1. The molecule has 2 fully saturated rings. The molecular weight excluding hydrogens is 240 g/mol. The molecular formula is C12H15ClN2O2. The van der Waals surface area contributed by atoms with Gasteiger partial charge in [-0.25, -0.2) is 0 Å². The molecule has 1 N–H and O–H groups in total. The van der Waals surface area contributed by atoms with Crippen molar-refractivity contribution in [1.82, 2.24) is 10.2 Å². The van der Waals surface area contributed by atoms with E-state index in [0.29, 0.717) is 17.0 Å². The van der Waals surface area contributed by atoms with Crippen LogP contribution in [0.2, 0.25) is 5.02 Å². The number of carbonyl (C=O) groups is 1. The zero-order chi connectivity index (χ0) is 11.8. The second-order valence-corrected chi connectivity index (χ2v) is 5.11. The third-order valence-electron chi connectivity index (χ3n) is 3.78.